The molecule has 0 aromatic heterocycles. The number of hydrogen-bond donors (Lipinski definition) is 2. The molecular formula is C16H26ClNO3. The van der Waals surface area contributed by atoms with Crippen LogP contribution >= 0.6 is 11.6 Å². The fraction of sp³-hybridized carbons (Fsp3) is 0.562. The van der Waals surface area contributed by atoms with Crippen molar-refractivity contribution < 1.29 is 14.6 Å². The number of ether oxygens (including phenoxy) is 1. The second-order valence-corrected chi connectivity index (χ2v) is 5.46. The SMILES string of the molecule is CC(Oc1cc(C(C)C)ccc1CCN)C(=O)O.CCCl. The van der Waals surface area contributed by atoms with Gasteiger partial charge in [0.25, 0.3) is 0 Å². The lowest BCUT2D eigenvalue weighted by Gasteiger charge is -2.16. The lowest BCUT2D eigenvalue weighted by Crippen LogP contribution is -2.23. The summed E-state index contributed by atoms with van der Waals surface area (Å²) in [4.78, 5) is 10.8. The molecule has 21 heavy (non-hydrogen) atoms. The highest BCUT2D eigenvalue weighted by Gasteiger charge is 2.15. The molecule has 0 aliphatic carbocycles. The van der Waals surface area contributed by atoms with E-state index < -0.39 is 12.1 Å². The monoisotopic (exact) mass is 315 g/mol. The third-order valence-electron chi connectivity index (χ3n) is 2.82. The van der Waals surface area contributed by atoms with Gasteiger partial charge in [0.1, 0.15) is 5.75 Å². The van der Waals surface area contributed by atoms with E-state index in [1.54, 1.807) is 0 Å². The molecule has 4 nitrogen and oxygen atoms in total. The minimum absolute atomic E-state index is 0.374. The number of benzene rings is 1. The van der Waals surface area contributed by atoms with Gasteiger partial charge in [-0.1, -0.05) is 32.9 Å². The lowest BCUT2D eigenvalue weighted by molar-refractivity contribution is -0.144. The van der Waals surface area contributed by atoms with Gasteiger partial charge in [-0.15, -0.1) is 11.6 Å². The fourth-order valence-electron chi connectivity index (χ4n) is 1.64. The van der Waals surface area contributed by atoms with Crippen LogP contribution in [0.3, 0.4) is 0 Å². The molecule has 0 aliphatic rings. The van der Waals surface area contributed by atoms with Crippen LogP contribution in [-0.4, -0.2) is 29.6 Å². The summed E-state index contributed by atoms with van der Waals surface area (Å²) in [6, 6.07) is 5.91. The second-order valence-electron chi connectivity index (χ2n) is 4.93. The Balaban J connectivity index is 0.00000122. The first kappa shape index (κ1) is 19.7. The van der Waals surface area contributed by atoms with Crippen molar-refractivity contribution in [3.05, 3.63) is 29.3 Å². The molecule has 0 aliphatic heterocycles. The van der Waals surface area contributed by atoms with Crippen LogP contribution in [-0.2, 0) is 11.2 Å². The number of carbonyl (C=O) groups is 1. The minimum atomic E-state index is -0.969. The van der Waals surface area contributed by atoms with Gasteiger partial charge in [-0.05, 0) is 43.0 Å². The number of alkyl halides is 1. The Labute approximate surface area is 132 Å². The maximum absolute atomic E-state index is 10.8. The molecule has 5 heteroatoms. The largest absolute Gasteiger partial charge is 0.479 e. The van der Waals surface area contributed by atoms with Crippen molar-refractivity contribution in [1.82, 2.24) is 0 Å². The van der Waals surface area contributed by atoms with Gasteiger partial charge in [0.05, 0.1) is 0 Å². The molecule has 0 heterocycles. The number of carboxylic acids is 1. The molecule has 3 N–H and O–H groups in total. The summed E-state index contributed by atoms with van der Waals surface area (Å²) in [6.07, 6.45) is -0.177. The molecule has 0 radical (unpaired) electrons. The molecule has 1 rings (SSSR count). The summed E-state index contributed by atoms with van der Waals surface area (Å²) in [5, 5.41) is 8.89. The van der Waals surface area contributed by atoms with Gasteiger partial charge in [0.15, 0.2) is 6.10 Å². The van der Waals surface area contributed by atoms with Crippen molar-refractivity contribution in [1.29, 1.82) is 0 Å². The van der Waals surface area contributed by atoms with Gasteiger partial charge in [-0.2, -0.15) is 0 Å². The zero-order valence-corrected chi connectivity index (χ0v) is 14.0. The molecule has 0 fully saturated rings. The van der Waals surface area contributed by atoms with E-state index in [-0.39, 0.29) is 0 Å². The van der Waals surface area contributed by atoms with Crippen LogP contribution in [0.15, 0.2) is 18.2 Å². The highest BCUT2D eigenvalue weighted by atomic mass is 35.5. The quantitative estimate of drug-likeness (QED) is 0.789. The first-order valence-electron chi connectivity index (χ1n) is 7.15. The summed E-state index contributed by atoms with van der Waals surface area (Å²) in [6.45, 7) is 8.10. The van der Waals surface area contributed by atoms with E-state index in [4.69, 9.17) is 27.2 Å². The van der Waals surface area contributed by atoms with E-state index in [2.05, 4.69) is 13.8 Å². The molecule has 0 amide bonds. The maximum atomic E-state index is 10.8. The summed E-state index contributed by atoms with van der Waals surface area (Å²) in [5.74, 6) is 0.754. The molecule has 0 saturated carbocycles. The van der Waals surface area contributed by atoms with E-state index in [0.29, 0.717) is 24.6 Å². The van der Waals surface area contributed by atoms with Gasteiger partial charge in [-0.3, -0.25) is 0 Å². The molecule has 1 aromatic rings. The van der Waals surface area contributed by atoms with Crippen LogP contribution in [0.1, 0.15) is 44.7 Å². The first-order valence-corrected chi connectivity index (χ1v) is 7.69. The molecule has 1 unspecified atom stereocenters. The van der Waals surface area contributed by atoms with Crippen LogP contribution in [0.5, 0.6) is 5.75 Å². The number of nitrogens with two attached hydrogens (primary N) is 1. The maximum Gasteiger partial charge on any atom is 0.344 e. The highest BCUT2D eigenvalue weighted by Crippen LogP contribution is 2.26. The van der Waals surface area contributed by atoms with Crippen LogP contribution in [0.4, 0.5) is 0 Å². The number of rotatable bonds is 6. The number of hydrogen-bond acceptors (Lipinski definition) is 3. The average Bonchev–Trinajstić information content (AvgIpc) is 2.41. The number of carboxylic acid groups (broad SMARTS) is 1. The average molecular weight is 316 g/mol. The van der Waals surface area contributed by atoms with Crippen molar-refractivity contribution in [2.24, 2.45) is 5.73 Å². The van der Waals surface area contributed by atoms with Crippen LogP contribution in [0.2, 0.25) is 0 Å². The molecule has 0 saturated heterocycles. The van der Waals surface area contributed by atoms with Crippen molar-refractivity contribution in [3.8, 4) is 5.75 Å². The molecule has 1 aromatic carbocycles. The Morgan fingerprint density at radius 3 is 2.38 bits per heavy atom. The molecule has 120 valence electrons. The zero-order chi connectivity index (χ0) is 16.4. The van der Waals surface area contributed by atoms with E-state index >= 15 is 0 Å². The van der Waals surface area contributed by atoms with Crippen molar-refractivity contribution in [2.45, 2.75) is 46.1 Å². The third-order valence-corrected chi connectivity index (χ3v) is 2.82. The van der Waals surface area contributed by atoms with Crippen molar-refractivity contribution >= 4 is 17.6 Å². The summed E-state index contributed by atoms with van der Waals surface area (Å²) in [5.41, 5.74) is 7.63. The summed E-state index contributed by atoms with van der Waals surface area (Å²) >= 11 is 5.00. The highest BCUT2D eigenvalue weighted by molar-refractivity contribution is 6.17. The van der Waals surface area contributed by atoms with Crippen molar-refractivity contribution in [2.75, 3.05) is 12.4 Å². The Kier molecular flexibility index (Phi) is 9.84. The van der Waals surface area contributed by atoms with Gasteiger partial charge >= 0.3 is 5.97 Å². The van der Waals surface area contributed by atoms with Gasteiger partial charge < -0.3 is 15.6 Å². The van der Waals surface area contributed by atoms with Crippen molar-refractivity contribution in [3.63, 3.8) is 0 Å². The van der Waals surface area contributed by atoms with E-state index in [0.717, 1.165) is 17.0 Å². The van der Waals surface area contributed by atoms with Gasteiger partial charge in [-0.25, -0.2) is 4.79 Å². The minimum Gasteiger partial charge on any atom is -0.479 e. The molecule has 0 bridgehead atoms. The standard InChI is InChI=1S/C14H21NO3.C2H5Cl/c1-9(2)12-5-4-11(6-7-15)13(8-12)18-10(3)14(16)17;1-2-3/h4-5,8-10H,6-7,15H2,1-3H3,(H,16,17);2H2,1H3. The fourth-order valence-corrected chi connectivity index (χ4v) is 1.64. The van der Waals surface area contributed by atoms with Gasteiger partial charge in [0.2, 0.25) is 0 Å². The molecule has 0 spiro atoms. The van der Waals surface area contributed by atoms with Gasteiger partial charge in [0, 0.05) is 5.88 Å². The first-order chi connectivity index (χ1) is 9.87. The third kappa shape index (κ3) is 7.34. The Morgan fingerprint density at radius 2 is 1.95 bits per heavy atom. The van der Waals surface area contributed by atoms with Crippen LogP contribution in [0.25, 0.3) is 0 Å². The van der Waals surface area contributed by atoms with E-state index in [1.807, 2.05) is 25.1 Å². The van der Waals surface area contributed by atoms with Crippen LogP contribution < -0.4 is 10.5 Å². The Bertz CT molecular complexity index is 436. The van der Waals surface area contributed by atoms with E-state index in [1.165, 1.54) is 6.92 Å². The summed E-state index contributed by atoms with van der Waals surface area (Å²) in [7, 11) is 0. The summed E-state index contributed by atoms with van der Waals surface area (Å²) < 4.78 is 5.50. The normalized spacial score (nSPS) is 11.6. The van der Waals surface area contributed by atoms with Crippen LogP contribution in [0, 0.1) is 0 Å². The second kappa shape index (κ2) is 10.5. The zero-order valence-electron chi connectivity index (χ0n) is 13.2. The Morgan fingerprint density at radius 1 is 1.38 bits per heavy atom. The topological polar surface area (TPSA) is 72.5 Å². The predicted molar refractivity (Wildman–Crippen MR) is 87.4 cm³/mol. The smallest absolute Gasteiger partial charge is 0.344 e. The molecule has 1 atom stereocenters. The lowest BCUT2D eigenvalue weighted by atomic mass is 10.00. The molecular weight excluding hydrogens is 290 g/mol. The number of halogens is 1. The number of aliphatic carboxylic acids is 1. The predicted octanol–water partition coefficient (Wildman–Crippen LogP) is 3.41. The Hall–Kier alpha value is -1.26. The van der Waals surface area contributed by atoms with E-state index in [9.17, 15) is 4.79 Å².